The molecule has 0 fully saturated rings. The van der Waals surface area contributed by atoms with E-state index in [9.17, 15) is 18.3 Å². The largest absolute Gasteiger partial charge is 0.478 e. The van der Waals surface area contributed by atoms with E-state index < -0.39 is 16.0 Å². The third-order valence-electron chi connectivity index (χ3n) is 3.59. The number of anilines is 1. The van der Waals surface area contributed by atoms with Gasteiger partial charge in [0.15, 0.2) is 0 Å². The monoisotopic (exact) mass is 362 g/mol. The molecule has 0 aromatic heterocycles. The van der Waals surface area contributed by atoms with E-state index in [1.165, 1.54) is 18.2 Å². The number of sulfonamides is 1. The van der Waals surface area contributed by atoms with Gasteiger partial charge >= 0.3 is 5.97 Å². The van der Waals surface area contributed by atoms with Gasteiger partial charge in [0.25, 0.3) is 0 Å². The number of carboxylic acids is 1. The Morgan fingerprint density at radius 1 is 1.04 bits per heavy atom. The van der Waals surface area contributed by atoms with E-state index in [2.05, 4.69) is 10.0 Å². The molecule has 134 valence electrons. The Bertz CT molecular complexity index is 849. The van der Waals surface area contributed by atoms with Crippen molar-refractivity contribution in [1.82, 2.24) is 4.72 Å². The number of hydrogen-bond donors (Lipinski definition) is 3. The summed E-state index contributed by atoms with van der Waals surface area (Å²) in [6.45, 7) is 5.31. The van der Waals surface area contributed by atoms with Crippen molar-refractivity contribution in [3.8, 4) is 0 Å². The first kappa shape index (κ1) is 19.0. The number of aromatic carboxylic acids is 1. The van der Waals surface area contributed by atoms with Crippen LogP contribution in [0.25, 0.3) is 0 Å². The quantitative estimate of drug-likeness (QED) is 0.703. The first-order chi connectivity index (χ1) is 11.7. The van der Waals surface area contributed by atoms with E-state index in [1.807, 2.05) is 37.3 Å². The van der Waals surface area contributed by atoms with Crippen LogP contribution in [0.4, 0.5) is 5.69 Å². The molecule has 6 nitrogen and oxygen atoms in total. The van der Waals surface area contributed by atoms with E-state index in [4.69, 9.17) is 0 Å². The number of carbonyl (C=O) groups is 1. The normalized spacial score (nSPS) is 12.8. The van der Waals surface area contributed by atoms with Gasteiger partial charge < -0.3 is 10.4 Å². The number of carboxylic acid groups (broad SMARTS) is 1. The molecule has 2 rings (SSSR count). The maximum absolute atomic E-state index is 12.2. The van der Waals surface area contributed by atoms with Crippen molar-refractivity contribution in [2.24, 2.45) is 0 Å². The highest BCUT2D eigenvalue weighted by Gasteiger charge is 2.20. The highest BCUT2D eigenvalue weighted by atomic mass is 32.2. The smallest absolute Gasteiger partial charge is 0.337 e. The van der Waals surface area contributed by atoms with Gasteiger partial charge in [0.1, 0.15) is 0 Å². The third kappa shape index (κ3) is 4.80. The molecule has 0 unspecified atom stereocenters. The first-order valence-corrected chi connectivity index (χ1v) is 9.40. The zero-order chi connectivity index (χ0) is 18.6. The molecule has 0 aliphatic heterocycles. The van der Waals surface area contributed by atoms with Crippen molar-refractivity contribution in [3.05, 3.63) is 59.7 Å². The van der Waals surface area contributed by atoms with Crippen molar-refractivity contribution >= 4 is 21.7 Å². The molecule has 0 aliphatic rings. The highest BCUT2D eigenvalue weighted by molar-refractivity contribution is 7.89. The van der Waals surface area contributed by atoms with Crippen LogP contribution in [-0.4, -0.2) is 25.5 Å². The minimum absolute atomic E-state index is 0.0727. The summed E-state index contributed by atoms with van der Waals surface area (Å²) in [5.41, 5.74) is 1.28. The summed E-state index contributed by atoms with van der Waals surface area (Å²) < 4.78 is 26.9. The second kappa shape index (κ2) is 7.67. The van der Waals surface area contributed by atoms with E-state index in [0.29, 0.717) is 5.69 Å². The van der Waals surface area contributed by atoms with Crippen LogP contribution in [0.3, 0.4) is 0 Å². The Morgan fingerprint density at radius 3 is 2.24 bits per heavy atom. The molecule has 25 heavy (non-hydrogen) atoms. The van der Waals surface area contributed by atoms with Gasteiger partial charge in [-0.3, -0.25) is 0 Å². The molecule has 2 aromatic rings. The van der Waals surface area contributed by atoms with Crippen LogP contribution in [0.5, 0.6) is 0 Å². The van der Waals surface area contributed by atoms with Crippen LogP contribution in [-0.2, 0) is 10.0 Å². The lowest BCUT2D eigenvalue weighted by Gasteiger charge is -2.18. The summed E-state index contributed by atoms with van der Waals surface area (Å²) in [5.74, 6) is -1.19. The minimum atomic E-state index is -3.75. The molecule has 0 saturated heterocycles. The Hall–Kier alpha value is -2.38. The van der Waals surface area contributed by atoms with Gasteiger partial charge in [-0.1, -0.05) is 30.3 Å². The Balaban J connectivity index is 2.35. The SMILES string of the molecule is CC(C)NS(=O)(=O)c1ccc(N[C@@H](C)c2ccccc2)c(C(=O)O)c1. The van der Waals surface area contributed by atoms with Crippen LogP contribution < -0.4 is 10.0 Å². The molecule has 0 radical (unpaired) electrons. The Labute approximate surface area is 147 Å². The van der Waals surface area contributed by atoms with Crippen LogP contribution in [0.1, 0.15) is 42.7 Å². The maximum atomic E-state index is 12.2. The Kier molecular flexibility index (Phi) is 5.81. The summed E-state index contributed by atoms with van der Waals surface area (Å²) in [4.78, 5) is 11.5. The predicted molar refractivity (Wildman–Crippen MR) is 97.3 cm³/mol. The molecule has 1 atom stereocenters. The summed E-state index contributed by atoms with van der Waals surface area (Å²) >= 11 is 0. The number of rotatable bonds is 7. The zero-order valence-electron chi connectivity index (χ0n) is 14.4. The average Bonchev–Trinajstić information content (AvgIpc) is 2.54. The molecule has 7 heteroatoms. The molecule has 0 amide bonds. The van der Waals surface area contributed by atoms with Crippen molar-refractivity contribution in [3.63, 3.8) is 0 Å². The van der Waals surface area contributed by atoms with Crippen molar-refractivity contribution in [1.29, 1.82) is 0 Å². The number of nitrogens with one attached hydrogen (secondary N) is 2. The Morgan fingerprint density at radius 2 is 1.68 bits per heavy atom. The summed E-state index contributed by atoms with van der Waals surface area (Å²) in [7, 11) is -3.75. The molecule has 0 spiro atoms. The summed E-state index contributed by atoms with van der Waals surface area (Å²) in [6.07, 6.45) is 0. The lowest BCUT2D eigenvalue weighted by Crippen LogP contribution is -2.30. The molecule has 3 N–H and O–H groups in total. The van der Waals surface area contributed by atoms with Crippen molar-refractivity contribution < 1.29 is 18.3 Å². The van der Waals surface area contributed by atoms with Crippen LogP contribution in [0, 0.1) is 0 Å². The fourth-order valence-electron chi connectivity index (χ4n) is 2.43. The van der Waals surface area contributed by atoms with Crippen LogP contribution >= 0.6 is 0 Å². The topological polar surface area (TPSA) is 95.5 Å². The van der Waals surface area contributed by atoms with E-state index in [0.717, 1.165) is 5.56 Å². The molecule has 2 aromatic carbocycles. The van der Waals surface area contributed by atoms with E-state index in [-0.39, 0.29) is 22.5 Å². The summed E-state index contributed by atoms with van der Waals surface area (Å²) in [6, 6.07) is 13.2. The lowest BCUT2D eigenvalue weighted by molar-refractivity contribution is 0.0697. The molecular weight excluding hydrogens is 340 g/mol. The standard InChI is InChI=1S/C18H22N2O4S/c1-12(2)20-25(23,24)15-9-10-17(16(11-15)18(21)22)19-13(3)14-7-5-4-6-8-14/h4-13,19-20H,1-3H3,(H,21,22)/t13-/m0/s1. The van der Waals surface area contributed by atoms with Gasteiger partial charge in [0.05, 0.1) is 10.5 Å². The van der Waals surface area contributed by atoms with Gasteiger partial charge in [-0.15, -0.1) is 0 Å². The maximum Gasteiger partial charge on any atom is 0.337 e. The van der Waals surface area contributed by atoms with Crippen LogP contribution in [0.2, 0.25) is 0 Å². The van der Waals surface area contributed by atoms with Crippen molar-refractivity contribution in [2.45, 2.75) is 37.8 Å². The van der Waals surface area contributed by atoms with E-state index in [1.54, 1.807) is 13.8 Å². The highest BCUT2D eigenvalue weighted by Crippen LogP contribution is 2.25. The fourth-order valence-corrected chi connectivity index (χ4v) is 3.71. The second-order valence-electron chi connectivity index (χ2n) is 6.07. The van der Waals surface area contributed by atoms with Crippen LogP contribution in [0.15, 0.2) is 53.4 Å². The lowest BCUT2D eigenvalue weighted by atomic mass is 10.1. The third-order valence-corrected chi connectivity index (χ3v) is 5.25. The predicted octanol–water partition coefficient (Wildman–Crippen LogP) is 3.24. The molecule has 0 bridgehead atoms. The molecule has 0 saturated carbocycles. The molecular formula is C18H22N2O4S. The first-order valence-electron chi connectivity index (χ1n) is 7.92. The van der Waals surface area contributed by atoms with Gasteiger partial charge in [0, 0.05) is 17.8 Å². The summed E-state index contributed by atoms with van der Waals surface area (Å²) in [5, 5.41) is 12.6. The van der Waals surface area contributed by atoms with Gasteiger partial charge in [-0.05, 0) is 44.5 Å². The van der Waals surface area contributed by atoms with Gasteiger partial charge in [-0.2, -0.15) is 0 Å². The number of hydrogen-bond acceptors (Lipinski definition) is 4. The van der Waals surface area contributed by atoms with Gasteiger partial charge in [-0.25, -0.2) is 17.9 Å². The van der Waals surface area contributed by atoms with Gasteiger partial charge in [0.2, 0.25) is 10.0 Å². The number of benzene rings is 2. The fraction of sp³-hybridized carbons (Fsp3) is 0.278. The minimum Gasteiger partial charge on any atom is -0.478 e. The molecule has 0 aliphatic carbocycles. The average molecular weight is 362 g/mol. The van der Waals surface area contributed by atoms with Crippen molar-refractivity contribution in [2.75, 3.05) is 5.32 Å². The second-order valence-corrected chi connectivity index (χ2v) is 7.78. The zero-order valence-corrected chi connectivity index (χ0v) is 15.2. The molecule has 0 heterocycles. The van der Waals surface area contributed by atoms with E-state index >= 15 is 0 Å².